The molecule has 2 rings (SSSR count). The Hall–Kier alpha value is -1.49. The van der Waals surface area contributed by atoms with Crippen LogP contribution in [0.2, 0.25) is 0 Å². The minimum absolute atomic E-state index is 0.818. The summed E-state index contributed by atoms with van der Waals surface area (Å²) >= 11 is 3.48. The molecule has 0 atom stereocenters. The second-order valence-corrected chi connectivity index (χ2v) is 4.32. The summed E-state index contributed by atoms with van der Waals surface area (Å²) in [4.78, 5) is 4.26. The number of imidazole rings is 1. The van der Waals surface area contributed by atoms with E-state index in [1.54, 1.807) is 13.3 Å². The largest absolute Gasteiger partial charge is 0.496 e. The fourth-order valence-corrected chi connectivity index (χ4v) is 2.13. The zero-order chi connectivity index (χ0) is 12.3. The maximum atomic E-state index is 5.21. The number of nitrogens with one attached hydrogen (secondary N) is 1. The van der Waals surface area contributed by atoms with Crippen molar-refractivity contribution in [2.75, 3.05) is 19.0 Å². The van der Waals surface area contributed by atoms with E-state index in [4.69, 9.17) is 4.74 Å². The molecule has 0 aliphatic heterocycles. The van der Waals surface area contributed by atoms with Crippen LogP contribution in [-0.4, -0.2) is 23.2 Å². The van der Waals surface area contributed by atoms with Crippen molar-refractivity contribution in [3.63, 3.8) is 0 Å². The summed E-state index contributed by atoms with van der Waals surface area (Å²) in [6.45, 7) is 2.89. The molecule has 0 aliphatic carbocycles. The van der Waals surface area contributed by atoms with Gasteiger partial charge in [-0.15, -0.1) is 0 Å². The van der Waals surface area contributed by atoms with Gasteiger partial charge < -0.3 is 10.1 Å². The van der Waals surface area contributed by atoms with E-state index in [9.17, 15) is 0 Å². The number of aromatic nitrogens is 2. The summed E-state index contributed by atoms with van der Waals surface area (Å²) in [5, 5.41) is 3.21. The second-order valence-electron chi connectivity index (χ2n) is 3.47. The van der Waals surface area contributed by atoms with E-state index in [0.29, 0.717) is 0 Å². The molecule has 1 aromatic carbocycles. The number of halogens is 1. The lowest BCUT2D eigenvalue weighted by atomic mass is 10.3. The Kier molecular flexibility index (Phi) is 3.68. The smallest absolute Gasteiger partial charge is 0.207 e. The minimum atomic E-state index is 0.818. The highest BCUT2D eigenvalue weighted by molar-refractivity contribution is 9.10. The van der Waals surface area contributed by atoms with Crippen LogP contribution in [0.4, 0.5) is 5.95 Å². The van der Waals surface area contributed by atoms with Crippen LogP contribution >= 0.6 is 15.9 Å². The third kappa shape index (κ3) is 2.44. The molecule has 0 aliphatic rings. The van der Waals surface area contributed by atoms with E-state index in [1.807, 2.05) is 35.9 Å². The summed E-state index contributed by atoms with van der Waals surface area (Å²) in [6, 6.07) is 5.92. The zero-order valence-corrected chi connectivity index (χ0v) is 11.4. The third-order valence-corrected chi connectivity index (χ3v) is 3.01. The number of ether oxygens (including phenoxy) is 1. The molecular formula is C12H14BrN3O. The number of rotatable bonds is 4. The number of anilines is 1. The Morgan fingerprint density at radius 2 is 2.29 bits per heavy atom. The normalized spacial score (nSPS) is 10.3. The number of hydrogen-bond acceptors (Lipinski definition) is 3. The average molecular weight is 296 g/mol. The summed E-state index contributed by atoms with van der Waals surface area (Å²) < 4.78 is 8.13. The van der Waals surface area contributed by atoms with Gasteiger partial charge in [0.2, 0.25) is 5.95 Å². The van der Waals surface area contributed by atoms with Gasteiger partial charge in [-0.3, -0.25) is 4.57 Å². The molecule has 1 heterocycles. The molecule has 0 amide bonds. The molecule has 0 radical (unpaired) electrons. The summed E-state index contributed by atoms with van der Waals surface area (Å²) in [5.41, 5.74) is 1.03. The predicted octanol–water partition coefficient (Wildman–Crippen LogP) is 3.08. The highest BCUT2D eigenvalue weighted by atomic mass is 79.9. The average Bonchev–Trinajstić information content (AvgIpc) is 2.78. The Bertz CT molecular complexity index is 510. The highest BCUT2D eigenvalue weighted by Gasteiger charge is 2.06. The third-order valence-electron chi connectivity index (χ3n) is 2.39. The molecule has 0 unspecified atom stereocenters. The molecule has 5 heteroatoms. The van der Waals surface area contributed by atoms with E-state index < -0.39 is 0 Å². The van der Waals surface area contributed by atoms with Gasteiger partial charge in [0.25, 0.3) is 0 Å². The van der Waals surface area contributed by atoms with Gasteiger partial charge in [0.1, 0.15) is 5.75 Å². The quantitative estimate of drug-likeness (QED) is 0.942. The number of methoxy groups -OCH3 is 1. The summed E-state index contributed by atoms with van der Waals surface area (Å²) in [7, 11) is 1.65. The Balaban J connectivity index is 2.39. The van der Waals surface area contributed by atoms with E-state index in [2.05, 4.69) is 26.2 Å². The van der Waals surface area contributed by atoms with Crippen LogP contribution in [0.5, 0.6) is 5.75 Å². The molecule has 4 nitrogen and oxygen atoms in total. The van der Waals surface area contributed by atoms with Crippen LogP contribution in [0.15, 0.2) is 35.1 Å². The monoisotopic (exact) mass is 295 g/mol. The molecule has 2 aromatic rings. The lowest BCUT2D eigenvalue weighted by Crippen LogP contribution is -2.04. The lowest BCUT2D eigenvalue weighted by molar-refractivity contribution is 0.412. The molecular weight excluding hydrogens is 282 g/mol. The van der Waals surface area contributed by atoms with Crippen LogP contribution in [-0.2, 0) is 0 Å². The van der Waals surface area contributed by atoms with Gasteiger partial charge in [-0.05, 0) is 41.1 Å². The Morgan fingerprint density at radius 3 is 2.94 bits per heavy atom. The van der Waals surface area contributed by atoms with Crippen LogP contribution in [0.25, 0.3) is 5.69 Å². The minimum Gasteiger partial charge on any atom is -0.496 e. The highest BCUT2D eigenvalue weighted by Crippen LogP contribution is 2.28. The van der Waals surface area contributed by atoms with Gasteiger partial charge in [0, 0.05) is 24.6 Å². The van der Waals surface area contributed by atoms with Crippen molar-refractivity contribution in [1.82, 2.24) is 9.55 Å². The molecule has 17 heavy (non-hydrogen) atoms. The van der Waals surface area contributed by atoms with Gasteiger partial charge in [0.15, 0.2) is 0 Å². The van der Waals surface area contributed by atoms with Crippen molar-refractivity contribution in [1.29, 1.82) is 0 Å². The molecule has 1 N–H and O–H groups in total. The molecule has 90 valence electrons. The van der Waals surface area contributed by atoms with Gasteiger partial charge in [-0.25, -0.2) is 4.98 Å². The predicted molar refractivity (Wildman–Crippen MR) is 72.0 cm³/mol. The first kappa shape index (κ1) is 12.0. The van der Waals surface area contributed by atoms with E-state index in [-0.39, 0.29) is 0 Å². The number of nitrogens with zero attached hydrogens (tertiary/aromatic N) is 2. The molecule has 0 saturated heterocycles. The molecule has 1 aromatic heterocycles. The lowest BCUT2D eigenvalue weighted by Gasteiger charge is -2.10. The number of hydrogen-bond donors (Lipinski definition) is 1. The van der Waals surface area contributed by atoms with Crippen LogP contribution in [0, 0.1) is 0 Å². The van der Waals surface area contributed by atoms with Gasteiger partial charge in [0.05, 0.1) is 11.6 Å². The van der Waals surface area contributed by atoms with Crippen LogP contribution < -0.4 is 10.1 Å². The first-order chi connectivity index (χ1) is 8.26. The first-order valence-corrected chi connectivity index (χ1v) is 6.16. The van der Waals surface area contributed by atoms with Gasteiger partial charge >= 0.3 is 0 Å². The number of benzene rings is 1. The standard InChI is InChI=1S/C12H14BrN3O/c1-3-14-12-15-6-7-16(12)9-4-5-11(17-2)10(13)8-9/h4-8H,3H2,1-2H3,(H,14,15). The van der Waals surface area contributed by atoms with E-state index in [0.717, 1.165) is 28.4 Å². The van der Waals surface area contributed by atoms with Gasteiger partial charge in [-0.1, -0.05) is 0 Å². The van der Waals surface area contributed by atoms with E-state index >= 15 is 0 Å². The van der Waals surface area contributed by atoms with Crippen molar-refractivity contribution in [3.8, 4) is 11.4 Å². The molecule has 0 saturated carbocycles. The first-order valence-electron chi connectivity index (χ1n) is 5.37. The maximum absolute atomic E-state index is 5.21. The second kappa shape index (κ2) is 5.23. The van der Waals surface area contributed by atoms with Crippen molar-refractivity contribution < 1.29 is 4.74 Å². The van der Waals surface area contributed by atoms with Crippen LogP contribution in [0.3, 0.4) is 0 Å². The van der Waals surface area contributed by atoms with E-state index in [1.165, 1.54) is 0 Å². The van der Waals surface area contributed by atoms with Crippen molar-refractivity contribution in [3.05, 3.63) is 35.1 Å². The SMILES string of the molecule is CCNc1nccn1-c1ccc(OC)c(Br)c1. The topological polar surface area (TPSA) is 39.1 Å². The summed E-state index contributed by atoms with van der Waals surface area (Å²) in [5.74, 6) is 1.66. The Morgan fingerprint density at radius 1 is 1.47 bits per heavy atom. The molecule has 0 bridgehead atoms. The van der Waals surface area contributed by atoms with Crippen LogP contribution in [0.1, 0.15) is 6.92 Å². The van der Waals surface area contributed by atoms with Crippen molar-refractivity contribution in [2.45, 2.75) is 6.92 Å². The fourth-order valence-electron chi connectivity index (χ4n) is 1.61. The molecule has 0 fully saturated rings. The Labute approximate surface area is 109 Å². The zero-order valence-electron chi connectivity index (χ0n) is 9.77. The van der Waals surface area contributed by atoms with Crippen molar-refractivity contribution in [2.24, 2.45) is 0 Å². The maximum Gasteiger partial charge on any atom is 0.207 e. The molecule has 0 spiro atoms. The van der Waals surface area contributed by atoms with Gasteiger partial charge in [-0.2, -0.15) is 0 Å². The van der Waals surface area contributed by atoms with Crippen molar-refractivity contribution >= 4 is 21.9 Å². The fraction of sp³-hybridized carbons (Fsp3) is 0.250. The summed E-state index contributed by atoms with van der Waals surface area (Å²) in [6.07, 6.45) is 3.70.